The highest BCUT2D eigenvalue weighted by Crippen LogP contribution is 2.47. The zero-order valence-corrected chi connectivity index (χ0v) is 16.6. The Kier molecular flexibility index (Phi) is 5.82. The van der Waals surface area contributed by atoms with E-state index in [-0.39, 0.29) is 5.97 Å². The number of ether oxygens (including phenoxy) is 6. The lowest BCUT2D eigenvalue weighted by molar-refractivity contribution is -0.152. The maximum absolute atomic E-state index is 11.7. The molecule has 1 aliphatic heterocycles. The van der Waals surface area contributed by atoms with Crippen molar-refractivity contribution in [3.05, 3.63) is 41.5 Å². The van der Waals surface area contributed by atoms with Gasteiger partial charge in [-0.25, -0.2) is 0 Å². The Labute approximate surface area is 164 Å². The minimum atomic E-state index is -0.544. The standard InChI is InChI=1S/C21H24O7/c1-12(22)27-18-11-14-7-9-16(24-3)21(26-5)20(14)28-19(18)13-6-8-15(23-2)17(10-13)25-4/h6-10,18-19H,11H2,1-5H3/t18-,19+/m1/s1. The van der Waals surface area contributed by atoms with Gasteiger partial charge in [-0.3, -0.25) is 4.79 Å². The van der Waals surface area contributed by atoms with Crippen molar-refractivity contribution >= 4 is 5.97 Å². The first-order valence-corrected chi connectivity index (χ1v) is 8.82. The first kappa shape index (κ1) is 19.7. The number of hydrogen-bond donors (Lipinski definition) is 0. The van der Waals surface area contributed by atoms with E-state index < -0.39 is 12.2 Å². The molecule has 0 spiro atoms. The number of fused-ring (bicyclic) bond motifs is 1. The second-order valence-corrected chi connectivity index (χ2v) is 6.29. The van der Waals surface area contributed by atoms with Crippen molar-refractivity contribution in [2.24, 2.45) is 0 Å². The highest BCUT2D eigenvalue weighted by Gasteiger charge is 2.36. The molecule has 0 bridgehead atoms. The van der Waals surface area contributed by atoms with Crippen LogP contribution in [0.2, 0.25) is 0 Å². The molecule has 0 aliphatic carbocycles. The molecule has 0 radical (unpaired) electrons. The summed E-state index contributed by atoms with van der Waals surface area (Å²) in [6.45, 7) is 1.38. The van der Waals surface area contributed by atoms with Crippen LogP contribution in [0.4, 0.5) is 0 Å². The highest BCUT2D eigenvalue weighted by atomic mass is 16.6. The summed E-state index contributed by atoms with van der Waals surface area (Å²) in [5, 5.41) is 0. The number of methoxy groups -OCH3 is 4. The van der Waals surface area contributed by atoms with E-state index in [0.717, 1.165) is 11.1 Å². The molecule has 3 rings (SSSR count). The number of hydrogen-bond acceptors (Lipinski definition) is 7. The van der Waals surface area contributed by atoms with Crippen LogP contribution in [-0.2, 0) is 16.0 Å². The van der Waals surface area contributed by atoms with Crippen LogP contribution in [0.15, 0.2) is 30.3 Å². The van der Waals surface area contributed by atoms with Gasteiger partial charge in [0.15, 0.2) is 29.1 Å². The van der Waals surface area contributed by atoms with E-state index in [1.807, 2.05) is 24.3 Å². The molecule has 28 heavy (non-hydrogen) atoms. The summed E-state index contributed by atoms with van der Waals surface area (Å²) in [6.07, 6.45) is -0.563. The Hall–Kier alpha value is -3.09. The zero-order valence-electron chi connectivity index (χ0n) is 16.6. The molecule has 2 atom stereocenters. The number of carbonyl (C=O) groups is 1. The highest BCUT2D eigenvalue weighted by molar-refractivity contribution is 5.66. The van der Waals surface area contributed by atoms with Crippen LogP contribution < -0.4 is 23.7 Å². The minimum Gasteiger partial charge on any atom is -0.493 e. The van der Waals surface area contributed by atoms with Crippen LogP contribution in [0.1, 0.15) is 24.2 Å². The van der Waals surface area contributed by atoms with E-state index in [0.29, 0.717) is 35.2 Å². The van der Waals surface area contributed by atoms with Crippen molar-refractivity contribution in [2.45, 2.75) is 25.6 Å². The fourth-order valence-corrected chi connectivity index (χ4v) is 3.39. The second-order valence-electron chi connectivity index (χ2n) is 6.29. The molecule has 1 aliphatic rings. The average molecular weight is 388 g/mol. The lowest BCUT2D eigenvalue weighted by atomic mass is 9.93. The lowest BCUT2D eigenvalue weighted by Crippen LogP contribution is -2.34. The summed E-state index contributed by atoms with van der Waals surface area (Å²) in [6, 6.07) is 9.17. The quantitative estimate of drug-likeness (QED) is 0.703. The largest absolute Gasteiger partial charge is 0.493 e. The van der Waals surface area contributed by atoms with Gasteiger partial charge in [0.05, 0.1) is 28.4 Å². The third-order valence-electron chi connectivity index (χ3n) is 4.64. The second kappa shape index (κ2) is 8.29. The number of rotatable bonds is 6. The predicted octanol–water partition coefficient (Wildman–Crippen LogP) is 3.33. The molecule has 0 aromatic heterocycles. The van der Waals surface area contributed by atoms with Crippen LogP contribution in [0.3, 0.4) is 0 Å². The maximum atomic E-state index is 11.7. The summed E-state index contributed by atoms with van der Waals surface area (Å²) in [4.78, 5) is 11.7. The molecule has 0 N–H and O–H groups in total. The van der Waals surface area contributed by atoms with Gasteiger partial charge in [-0.15, -0.1) is 0 Å². The Morgan fingerprint density at radius 3 is 2.21 bits per heavy atom. The molecule has 2 aromatic carbocycles. The fraction of sp³-hybridized carbons (Fsp3) is 0.381. The van der Waals surface area contributed by atoms with E-state index in [2.05, 4.69) is 0 Å². The summed E-state index contributed by atoms with van der Waals surface area (Å²) >= 11 is 0. The molecular formula is C21H24O7. The minimum absolute atomic E-state index is 0.372. The summed E-state index contributed by atoms with van der Waals surface area (Å²) < 4.78 is 33.5. The predicted molar refractivity (Wildman–Crippen MR) is 102 cm³/mol. The first-order chi connectivity index (χ1) is 13.5. The van der Waals surface area contributed by atoms with Crippen LogP contribution >= 0.6 is 0 Å². The Morgan fingerprint density at radius 1 is 0.929 bits per heavy atom. The van der Waals surface area contributed by atoms with E-state index in [9.17, 15) is 4.79 Å². The Bertz CT molecular complexity index is 862. The summed E-state index contributed by atoms with van der Waals surface area (Å²) in [5.74, 6) is 2.44. The fourth-order valence-electron chi connectivity index (χ4n) is 3.39. The van der Waals surface area contributed by atoms with Gasteiger partial charge in [-0.2, -0.15) is 0 Å². The molecule has 0 amide bonds. The van der Waals surface area contributed by atoms with E-state index in [1.54, 1.807) is 34.5 Å². The van der Waals surface area contributed by atoms with Crippen LogP contribution in [0.5, 0.6) is 28.7 Å². The lowest BCUT2D eigenvalue weighted by Gasteiger charge is -2.34. The first-order valence-electron chi connectivity index (χ1n) is 8.82. The maximum Gasteiger partial charge on any atom is 0.303 e. The molecular weight excluding hydrogens is 364 g/mol. The van der Waals surface area contributed by atoms with Gasteiger partial charge in [-0.05, 0) is 18.2 Å². The molecule has 1 heterocycles. The van der Waals surface area contributed by atoms with Crippen molar-refractivity contribution in [1.29, 1.82) is 0 Å². The molecule has 150 valence electrons. The summed E-state index contributed by atoms with van der Waals surface area (Å²) in [7, 11) is 6.27. The molecule has 0 saturated carbocycles. The van der Waals surface area contributed by atoms with Gasteiger partial charge in [0, 0.05) is 24.5 Å². The molecule has 7 heteroatoms. The molecule has 7 nitrogen and oxygen atoms in total. The molecule has 0 saturated heterocycles. The topological polar surface area (TPSA) is 72.5 Å². The van der Waals surface area contributed by atoms with Crippen molar-refractivity contribution in [3.8, 4) is 28.7 Å². The normalized spacial score (nSPS) is 17.8. The molecule has 0 fully saturated rings. The van der Waals surface area contributed by atoms with E-state index in [4.69, 9.17) is 28.4 Å². The van der Waals surface area contributed by atoms with Gasteiger partial charge in [-0.1, -0.05) is 12.1 Å². The van der Waals surface area contributed by atoms with Crippen LogP contribution in [-0.4, -0.2) is 40.5 Å². The van der Waals surface area contributed by atoms with Crippen molar-refractivity contribution in [1.82, 2.24) is 0 Å². The number of benzene rings is 2. The van der Waals surface area contributed by atoms with E-state index >= 15 is 0 Å². The zero-order chi connectivity index (χ0) is 20.3. The third kappa shape index (κ3) is 3.65. The smallest absolute Gasteiger partial charge is 0.303 e. The number of carbonyl (C=O) groups excluding carboxylic acids is 1. The van der Waals surface area contributed by atoms with Gasteiger partial charge < -0.3 is 28.4 Å². The Balaban J connectivity index is 2.07. The van der Waals surface area contributed by atoms with Crippen LogP contribution in [0, 0.1) is 0 Å². The van der Waals surface area contributed by atoms with Gasteiger partial charge in [0.25, 0.3) is 0 Å². The van der Waals surface area contributed by atoms with Gasteiger partial charge in [0.2, 0.25) is 5.75 Å². The number of esters is 1. The monoisotopic (exact) mass is 388 g/mol. The average Bonchev–Trinajstić information content (AvgIpc) is 2.71. The van der Waals surface area contributed by atoms with Gasteiger partial charge >= 0.3 is 5.97 Å². The van der Waals surface area contributed by atoms with Crippen LogP contribution in [0.25, 0.3) is 0 Å². The Morgan fingerprint density at radius 2 is 1.61 bits per heavy atom. The van der Waals surface area contributed by atoms with Crippen molar-refractivity contribution in [2.75, 3.05) is 28.4 Å². The van der Waals surface area contributed by atoms with Crippen molar-refractivity contribution < 1.29 is 33.2 Å². The van der Waals surface area contributed by atoms with E-state index in [1.165, 1.54) is 6.92 Å². The van der Waals surface area contributed by atoms with Gasteiger partial charge in [0.1, 0.15) is 6.10 Å². The summed E-state index contributed by atoms with van der Waals surface area (Å²) in [5.41, 5.74) is 1.67. The SMILES string of the molecule is COc1ccc([C@@H]2Oc3c(ccc(OC)c3OC)C[C@H]2OC(C)=O)cc1OC. The molecule has 0 unspecified atom stereocenters. The molecule has 2 aromatic rings. The van der Waals surface area contributed by atoms with Crippen molar-refractivity contribution in [3.63, 3.8) is 0 Å². The third-order valence-corrected chi connectivity index (χ3v) is 4.64.